The lowest BCUT2D eigenvalue weighted by Gasteiger charge is -2.14. The molecular weight excluding hydrogens is 228 g/mol. The maximum Gasteiger partial charge on any atom is 0.326 e. The predicted octanol–water partition coefficient (Wildman–Crippen LogP) is 2.43. The van der Waals surface area contributed by atoms with Gasteiger partial charge in [-0.15, -0.1) is 0 Å². The maximum absolute atomic E-state index is 11.0. The molecule has 0 saturated heterocycles. The molecular formula is C11H11ClN2O2. The van der Waals surface area contributed by atoms with Crippen LogP contribution in [0.15, 0.2) is 6.07 Å². The minimum absolute atomic E-state index is 0.435. The van der Waals surface area contributed by atoms with Gasteiger partial charge in [-0.05, 0) is 31.0 Å². The lowest BCUT2D eigenvalue weighted by atomic mass is 10.1. The minimum atomic E-state index is -0.749. The molecule has 0 bridgehead atoms. The molecule has 0 aromatic heterocycles. The van der Waals surface area contributed by atoms with Gasteiger partial charge in [0, 0.05) is 5.02 Å². The van der Waals surface area contributed by atoms with Gasteiger partial charge in [0.15, 0.2) is 6.07 Å². The van der Waals surface area contributed by atoms with E-state index in [1.54, 1.807) is 13.0 Å². The molecule has 1 amide bonds. The van der Waals surface area contributed by atoms with Crippen LogP contribution in [0.2, 0.25) is 5.02 Å². The van der Waals surface area contributed by atoms with Crippen LogP contribution in [0.3, 0.4) is 0 Å². The summed E-state index contributed by atoms with van der Waals surface area (Å²) in [5.74, 6) is -0.260. The van der Waals surface area contributed by atoms with Crippen molar-refractivity contribution >= 4 is 23.2 Å². The number of carbonyl (C=O) groups excluding carboxylic acids is 1. The summed E-state index contributed by atoms with van der Waals surface area (Å²) in [5.41, 5.74) is 1.97. The first-order valence-corrected chi connectivity index (χ1v) is 4.93. The summed E-state index contributed by atoms with van der Waals surface area (Å²) in [6.45, 7) is 3.60. The number of nitriles is 1. The highest BCUT2D eigenvalue weighted by molar-refractivity contribution is 6.32. The number of ether oxygens (including phenoxy) is 1. The van der Waals surface area contributed by atoms with Crippen LogP contribution < -0.4 is 10.1 Å². The van der Waals surface area contributed by atoms with E-state index in [1.165, 1.54) is 13.2 Å². The van der Waals surface area contributed by atoms with Crippen molar-refractivity contribution in [3.63, 3.8) is 0 Å². The molecule has 0 spiro atoms. The van der Waals surface area contributed by atoms with Gasteiger partial charge >= 0.3 is 5.91 Å². The molecule has 16 heavy (non-hydrogen) atoms. The van der Waals surface area contributed by atoms with E-state index in [0.717, 1.165) is 5.56 Å². The highest BCUT2D eigenvalue weighted by Crippen LogP contribution is 2.35. The average Bonchev–Trinajstić information content (AvgIpc) is 2.29. The molecule has 0 fully saturated rings. The first-order valence-electron chi connectivity index (χ1n) is 4.56. The number of methoxy groups -OCH3 is 1. The number of anilines is 1. The van der Waals surface area contributed by atoms with Gasteiger partial charge in [0.2, 0.25) is 0 Å². The van der Waals surface area contributed by atoms with Crippen LogP contribution in [0.1, 0.15) is 11.1 Å². The smallest absolute Gasteiger partial charge is 0.326 e. The normalized spacial score (nSPS) is 9.44. The number of halogens is 1. The average molecular weight is 239 g/mol. The van der Waals surface area contributed by atoms with Crippen molar-refractivity contribution in [3.8, 4) is 11.8 Å². The second-order valence-electron chi connectivity index (χ2n) is 3.28. The van der Waals surface area contributed by atoms with Crippen LogP contribution in [-0.4, -0.2) is 13.0 Å². The van der Waals surface area contributed by atoms with Crippen LogP contribution >= 0.6 is 11.6 Å². The zero-order chi connectivity index (χ0) is 12.3. The van der Waals surface area contributed by atoms with Gasteiger partial charge in [-0.3, -0.25) is 4.79 Å². The standard InChI is InChI=1S/C11H11ClN2O2/c1-6-4-8(16-3)11(7(2)10(6)12)14-9(15)5-13/h4H,1-3H3,(H,14,15). The van der Waals surface area contributed by atoms with Crippen molar-refractivity contribution in [2.24, 2.45) is 0 Å². The quantitative estimate of drug-likeness (QED) is 0.805. The van der Waals surface area contributed by atoms with Crippen molar-refractivity contribution in [2.45, 2.75) is 13.8 Å². The van der Waals surface area contributed by atoms with E-state index in [-0.39, 0.29) is 0 Å². The Hall–Kier alpha value is -1.73. The number of nitrogens with one attached hydrogen (secondary N) is 1. The second-order valence-corrected chi connectivity index (χ2v) is 3.65. The van der Waals surface area contributed by atoms with Crippen molar-refractivity contribution in [1.29, 1.82) is 5.26 Å². The Morgan fingerprint density at radius 1 is 1.56 bits per heavy atom. The molecule has 4 nitrogen and oxygen atoms in total. The largest absolute Gasteiger partial charge is 0.495 e. The molecule has 0 heterocycles. The molecule has 1 rings (SSSR count). The molecule has 1 N–H and O–H groups in total. The fourth-order valence-corrected chi connectivity index (χ4v) is 1.53. The van der Waals surface area contributed by atoms with Crippen molar-refractivity contribution in [3.05, 3.63) is 22.2 Å². The molecule has 0 aliphatic rings. The summed E-state index contributed by atoms with van der Waals surface area (Å²) in [7, 11) is 1.49. The lowest BCUT2D eigenvalue weighted by Crippen LogP contribution is -2.11. The first kappa shape index (κ1) is 12.3. The summed E-state index contributed by atoms with van der Waals surface area (Å²) < 4.78 is 5.12. The summed E-state index contributed by atoms with van der Waals surface area (Å²) >= 11 is 6.05. The van der Waals surface area contributed by atoms with Crippen LogP contribution in [0, 0.1) is 25.2 Å². The highest BCUT2D eigenvalue weighted by atomic mass is 35.5. The maximum atomic E-state index is 11.0. The summed E-state index contributed by atoms with van der Waals surface area (Å²) in [6.07, 6.45) is 0. The van der Waals surface area contributed by atoms with Crippen molar-refractivity contribution in [2.75, 3.05) is 12.4 Å². The van der Waals surface area contributed by atoms with Gasteiger partial charge in [-0.1, -0.05) is 11.6 Å². The van der Waals surface area contributed by atoms with E-state index in [4.69, 9.17) is 21.6 Å². The second kappa shape index (κ2) is 4.86. The molecule has 5 heteroatoms. The Kier molecular flexibility index (Phi) is 3.75. The van der Waals surface area contributed by atoms with Crippen LogP contribution in [0.5, 0.6) is 5.75 Å². The summed E-state index contributed by atoms with van der Waals surface area (Å²) in [5, 5.41) is 11.4. The summed E-state index contributed by atoms with van der Waals surface area (Å²) in [4.78, 5) is 11.0. The number of rotatable bonds is 2. The van der Waals surface area contributed by atoms with Gasteiger partial charge in [0.1, 0.15) is 5.75 Å². The minimum Gasteiger partial charge on any atom is -0.495 e. The number of benzene rings is 1. The van der Waals surface area contributed by atoms with E-state index >= 15 is 0 Å². The van der Waals surface area contributed by atoms with Crippen molar-refractivity contribution in [1.82, 2.24) is 0 Å². The Labute approximate surface area is 98.8 Å². The summed E-state index contributed by atoms with van der Waals surface area (Å²) in [6, 6.07) is 3.19. The molecule has 1 aromatic carbocycles. The first-order chi connectivity index (χ1) is 7.51. The van der Waals surface area contributed by atoms with E-state index in [2.05, 4.69) is 5.32 Å². The Morgan fingerprint density at radius 3 is 2.69 bits per heavy atom. The third kappa shape index (κ3) is 2.26. The van der Waals surface area contributed by atoms with Crippen LogP contribution in [0.4, 0.5) is 5.69 Å². The Balaban J connectivity index is 3.31. The third-order valence-corrected chi connectivity index (χ3v) is 2.79. The fraction of sp³-hybridized carbons (Fsp3) is 0.273. The zero-order valence-electron chi connectivity index (χ0n) is 9.22. The molecule has 0 aliphatic carbocycles. The SMILES string of the molecule is COc1cc(C)c(Cl)c(C)c1NC(=O)C#N. The van der Waals surface area contributed by atoms with Gasteiger partial charge in [-0.2, -0.15) is 5.26 Å². The number of carbonyl (C=O) groups is 1. The predicted molar refractivity (Wildman–Crippen MR) is 61.7 cm³/mol. The molecule has 0 unspecified atom stereocenters. The Bertz CT molecular complexity index is 478. The van der Waals surface area contributed by atoms with E-state index in [0.29, 0.717) is 22.0 Å². The number of amides is 1. The number of hydrogen-bond acceptors (Lipinski definition) is 3. The number of aryl methyl sites for hydroxylation is 1. The number of nitrogens with zero attached hydrogens (tertiary/aromatic N) is 1. The third-order valence-electron chi connectivity index (χ3n) is 2.20. The topological polar surface area (TPSA) is 62.1 Å². The van der Waals surface area contributed by atoms with Gasteiger partial charge in [-0.25, -0.2) is 0 Å². The molecule has 84 valence electrons. The van der Waals surface area contributed by atoms with Crippen molar-refractivity contribution < 1.29 is 9.53 Å². The van der Waals surface area contributed by atoms with Gasteiger partial charge in [0.25, 0.3) is 0 Å². The number of hydrogen-bond donors (Lipinski definition) is 1. The van der Waals surface area contributed by atoms with E-state index in [1.807, 2.05) is 6.92 Å². The molecule has 0 atom stereocenters. The monoisotopic (exact) mass is 238 g/mol. The lowest BCUT2D eigenvalue weighted by molar-refractivity contribution is -0.111. The highest BCUT2D eigenvalue weighted by Gasteiger charge is 2.14. The van der Waals surface area contributed by atoms with Gasteiger partial charge < -0.3 is 10.1 Å². The zero-order valence-corrected chi connectivity index (χ0v) is 9.97. The Morgan fingerprint density at radius 2 is 2.19 bits per heavy atom. The van der Waals surface area contributed by atoms with Crippen LogP contribution in [0.25, 0.3) is 0 Å². The van der Waals surface area contributed by atoms with Gasteiger partial charge in [0.05, 0.1) is 12.8 Å². The van der Waals surface area contributed by atoms with E-state index < -0.39 is 5.91 Å². The molecule has 0 saturated carbocycles. The van der Waals surface area contributed by atoms with Crippen LogP contribution in [-0.2, 0) is 4.79 Å². The van der Waals surface area contributed by atoms with E-state index in [9.17, 15) is 4.79 Å². The molecule has 0 radical (unpaired) electrons. The fourth-order valence-electron chi connectivity index (χ4n) is 1.38. The molecule has 0 aliphatic heterocycles. The molecule has 1 aromatic rings.